The van der Waals surface area contributed by atoms with E-state index in [0.717, 1.165) is 44.6 Å². The van der Waals surface area contributed by atoms with E-state index in [1.165, 1.54) is 5.56 Å². The molecule has 136 valence electrons. The number of nitrogens with one attached hydrogen (secondary N) is 2. The molecule has 1 aliphatic heterocycles. The van der Waals surface area contributed by atoms with Gasteiger partial charge < -0.3 is 10.6 Å². The van der Waals surface area contributed by atoms with E-state index < -0.39 is 0 Å². The first kappa shape index (κ1) is 17.9. The lowest BCUT2D eigenvalue weighted by atomic mass is 10.1. The summed E-state index contributed by atoms with van der Waals surface area (Å²) in [4.78, 5) is 28.3. The predicted octanol–water partition coefficient (Wildman–Crippen LogP) is 0.507. The number of rotatable bonds is 7. The average Bonchev–Trinajstić information content (AvgIpc) is 3.40. The second kappa shape index (κ2) is 8.45. The minimum Gasteiger partial charge on any atom is -0.352 e. The molecular weight excluding hydrogens is 316 g/mol. The molecule has 1 saturated heterocycles. The van der Waals surface area contributed by atoms with E-state index >= 15 is 0 Å². The summed E-state index contributed by atoms with van der Waals surface area (Å²) in [5.74, 6) is 0.190. The van der Waals surface area contributed by atoms with E-state index in [1.807, 2.05) is 18.2 Å². The summed E-state index contributed by atoms with van der Waals surface area (Å²) in [5.41, 5.74) is 2.35. The maximum atomic E-state index is 12.2. The third-order valence-electron chi connectivity index (χ3n) is 4.88. The maximum Gasteiger partial charge on any atom is 0.234 e. The van der Waals surface area contributed by atoms with Crippen LogP contribution in [-0.4, -0.2) is 66.9 Å². The van der Waals surface area contributed by atoms with Crippen LogP contribution in [0.15, 0.2) is 24.3 Å². The summed E-state index contributed by atoms with van der Waals surface area (Å²) in [7, 11) is 0. The topological polar surface area (TPSA) is 64.7 Å². The van der Waals surface area contributed by atoms with Crippen molar-refractivity contribution >= 4 is 11.8 Å². The maximum absolute atomic E-state index is 12.2. The van der Waals surface area contributed by atoms with Crippen LogP contribution in [0.2, 0.25) is 0 Å². The van der Waals surface area contributed by atoms with Crippen molar-refractivity contribution in [2.45, 2.75) is 32.4 Å². The van der Waals surface area contributed by atoms with Crippen LogP contribution in [0.25, 0.3) is 0 Å². The zero-order chi connectivity index (χ0) is 17.6. The summed E-state index contributed by atoms with van der Waals surface area (Å²) in [6, 6.07) is 8.52. The fraction of sp³-hybridized carbons (Fsp3) is 0.579. The van der Waals surface area contributed by atoms with Crippen molar-refractivity contribution in [1.82, 2.24) is 20.4 Å². The highest BCUT2D eigenvalue weighted by Gasteiger charge is 2.25. The molecule has 1 heterocycles. The second-order valence-corrected chi connectivity index (χ2v) is 7.10. The van der Waals surface area contributed by atoms with Gasteiger partial charge in [0.05, 0.1) is 13.1 Å². The van der Waals surface area contributed by atoms with Crippen LogP contribution < -0.4 is 10.6 Å². The normalized spacial score (nSPS) is 18.8. The van der Waals surface area contributed by atoms with E-state index in [0.29, 0.717) is 25.7 Å². The molecule has 2 aliphatic rings. The quantitative estimate of drug-likeness (QED) is 0.756. The molecule has 1 aromatic carbocycles. The molecule has 0 atom stereocenters. The summed E-state index contributed by atoms with van der Waals surface area (Å²) >= 11 is 0. The molecule has 1 saturated carbocycles. The van der Waals surface area contributed by atoms with Crippen molar-refractivity contribution in [1.29, 1.82) is 0 Å². The highest BCUT2D eigenvalue weighted by molar-refractivity contribution is 5.79. The first-order valence-corrected chi connectivity index (χ1v) is 9.15. The van der Waals surface area contributed by atoms with Crippen molar-refractivity contribution in [3.05, 3.63) is 35.4 Å². The molecule has 6 nitrogen and oxygen atoms in total. The molecule has 2 fully saturated rings. The number of hydrogen-bond acceptors (Lipinski definition) is 4. The second-order valence-electron chi connectivity index (χ2n) is 7.10. The first-order chi connectivity index (χ1) is 12.1. The summed E-state index contributed by atoms with van der Waals surface area (Å²) in [5, 5.41) is 6.02. The Labute approximate surface area is 149 Å². The third kappa shape index (κ3) is 5.83. The minimum absolute atomic E-state index is 0.0585. The van der Waals surface area contributed by atoms with Gasteiger partial charge in [-0.05, 0) is 30.9 Å². The molecule has 6 heteroatoms. The number of carbonyl (C=O) groups excluding carboxylic acids is 2. The van der Waals surface area contributed by atoms with Crippen LogP contribution in [0, 0.1) is 6.92 Å². The van der Waals surface area contributed by atoms with Gasteiger partial charge in [-0.3, -0.25) is 19.4 Å². The summed E-state index contributed by atoms with van der Waals surface area (Å²) < 4.78 is 0. The number of piperazine rings is 1. The van der Waals surface area contributed by atoms with Crippen LogP contribution in [0.3, 0.4) is 0 Å². The molecule has 25 heavy (non-hydrogen) atoms. The van der Waals surface area contributed by atoms with Gasteiger partial charge in [-0.2, -0.15) is 0 Å². The highest BCUT2D eigenvalue weighted by Crippen LogP contribution is 2.18. The van der Waals surface area contributed by atoms with Crippen LogP contribution in [0.5, 0.6) is 0 Å². The van der Waals surface area contributed by atoms with E-state index in [2.05, 4.69) is 33.4 Å². The number of benzene rings is 1. The van der Waals surface area contributed by atoms with Gasteiger partial charge in [0.15, 0.2) is 0 Å². The molecule has 0 bridgehead atoms. The first-order valence-electron chi connectivity index (χ1n) is 9.15. The van der Waals surface area contributed by atoms with Crippen molar-refractivity contribution < 1.29 is 9.59 Å². The lowest BCUT2D eigenvalue weighted by Gasteiger charge is -2.33. The van der Waals surface area contributed by atoms with Gasteiger partial charge in [-0.15, -0.1) is 0 Å². The molecule has 3 rings (SSSR count). The Morgan fingerprint density at radius 2 is 1.60 bits per heavy atom. The largest absolute Gasteiger partial charge is 0.352 e. The zero-order valence-corrected chi connectivity index (χ0v) is 15.0. The average molecular weight is 344 g/mol. The van der Waals surface area contributed by atoms with Crippen LogP contribution in [-0.2, 0) is 16.1 Å². The van der Waals surface area contributed by atoms with Gasteiger partial charge in [-0.1, -0.05) is 24.3 Å². The SMILES string of the molecule is Cc1ccccc1CNC(=O)CN1CCN(CC(=O)NC2CC2)CC1. The number of amides is 2. The van der Waals surface area contributed by atoms with Crippen molar-refractivity contribution in [2.24, 2.45) is 0 Å². The summed E-state index contributed by atoms with van der Waals surface area (Å²) in [6.07, 6.45) is 2.24. The van der Waals surface area contributed by atoms with E-state index in [-0.39, 0.29) is 11.8 Å². The smallest absolute Gasteiger partial charge is 0.234 e. The van der Waals surface area contributed by atoms with Gasteiger partial charge in [-0.25, -0.2) is 0 Å². The monoisotopic (exact) mass is 344 g/mol. The van der Waals surface area contributed by atoms with Crippen molar-refractivity contribution in [3.8, 4) is 0 Å². The predicted molar refractivity (Wildman–Crippen MR) is 97.1 cm³/mol. The lowest BCUT2D eigenvalue weighted by molar-refractivity contribution is -0.125. The zero-order valence-electron chi connectivity index (χ0n) is 15.0. The minimum atomic E-state index is 0.0585. The standard InChI is InChI=1S/C19H28N4O2/c1-15-4-2-3-5-16(15)12-20-18(24)13-22-8-10-23(11-9-22)14-19(25)21-17-6-7-17/h2-5,17H,6-14H2,1H3,(H,20,24)(H,21,25). The van der Waals surface area contributed by atoms with Crippen LogP contribution in [0.1, 0.15) is 24.0 Å². The van der Waals surface area contributed by atoms with E-state index in [1.54, 1.807) is 0 Å². The fourth-order valence-electron chi connectivity index (χ4n) is 3.07. The number of carbonyl (C=O) groups is 2. The Morgan fingerprint density at radius 3 is 2.20 bits per heavy atom. The van der Waals surface area contributed by atoms with Gasteiger partial charge in [0, 0.05) is 38.8 Å². The Morgan fingerprint density at radius 1 is 1.00 bits per heavy atom. The molecule has 0 spiro atoms. The Balaban J connectivity index is 1.33. The number of aryl methyl sites for hydroxylation is 1. The number of hydrogen-bond donors (Lipinski definition) is 2. The van der Waals surface area contributed by atoms with Crippen molar-refractivity contribution in [3.63, 3.8) is 0 Å². The lowest BCUT2D eigenvalue weighted by Crippen LogP contribution is -2.51. The Bertz CT molecular complexity index is 607. The van der Waals surface area contributed by atoms with Crippen LogP contribution in [0.4, 0.5) is 0 Å². The van der Waals surface area contributed by atoms with E-state index in [9.17, 15) is 9.59 Å². The Hall–Kier alpha value is -1.92. The molecule has 1 aromatic rings. The molecule has 2 N–H and O–H groups in total. The molecular formula is C19H28N4O2. The molecule has 0 radical (unpaired) electrons. The summed E-state index contributed by atoms with van der Waals surface area (Å²) in [6.45, 7) is 6.86. The fourth-order valence-corrected chi connectivity index (χ4v) is 3.07. The van der Waals surface area contributed by atoms with E-state index in [4.69, 9.17) is 0 Å². The molecule has 1 aliphatic carbocycles. The Kier molecular flexibility index (Phi) is 6.04. The van der Waals surface area contributed by atoms with Crippen LogP contribution >= 0.6 is 0 Å². The number of nitrogens with zero attached hydrogens (tertiary/aromatic N) is 2. The van der Waals surface area contributed by atoms with Gasteiger partial charge in [0.25, 0.3) is 0 Å². The molecule has 0 aromatic heterocycles. The van der Waals surface area contributed by atoms with Gasteiger partial charge >= 0.3 is 0 Å². The third-order valence-corrected chi connectivity index (χ3v) is 4.88. The van der Waals surface area contributed by atoms with Gasteiger partial charge in [0.1, 0.15) is 0 Å². The van der Waals surface area contributed by atoms with Crippen molar-refractivity contribution in [2.75, 3.05) is 39.3 Å². The molecule has 2 amide bonds. The highest BCUT2D eigenvalue weighted by atomic mass is 16.2. The van der Waals surface area contributed by atoms with Gasteiger partial charge in [0.2, 0.25) is 11.8 Å². The molecule has 0 unspecified atom stereocenters.